The molecule has 0 spiro atoms. The van der Waals surface area contributed by atoms with Crippen molar-refractivity contribution in [1.29, 1.82) is 0 Å². The SMILES string of the molecule is CCCSc1nc(NCCOC)c2cnn(CCNC(=O)COc3ccc(Cl)cc3)c2n1. The molecule has 172 valence electrons. The van der Waals surface area contributed by atoms with Crippen LogP contribution in [0, 0.1) is 0 Å². The number of ether oxygens (including phenoxy) is 2. The van der Waals surface area contributed by atoms with Gasteiger partial charge >= 0.3 is 0 Å². The van der Waals surface area contributed by atoms with Crippen molar-refractivity contribution in [2.45, 2.75) is 25.0 Å². The van der Waals surface area contributed by atoms with Crippen LogP contribution in [-0.2, 0) is 16.1 Å². The van der Waals surface area contributed by atoms with Crippen molar-refractivity contribution in [3.63, 3.8) is 0 Å². The van der Waals surface area contributed by atoms with Crippen LogP contribution in [0.15, 0.2) is 35.6 Å². The van der Waals surface area contributed by atoms with E-state index in [9.17, 15) is 4.79 Å². The molecule has 1 aromatic carbocycles. The molecule has 3 aromatic rings. The van der Waals surface area contributed by atoms with Crippen LogP contribution in [0.5, 0.6) is 5.75 Å². The van der Waals surface area contributed by atoms with Gasteiger partial charge < -0.3 is 20.1 Å². The smallest absolute Gasteiger partial charge is 0.258 e. The summed E-state index contributed by atoms with van der Waals surface area (Å²) in [6.07, 6.45) is 2.77. The van der Waals surface area contributed by atoms with Crippen LogP contribution in [0.2, 0.25) is 5.02 Å². The third kappa shape index (κ3) is 6.98. The van der Waals surface area contributed by atoms with Gasteiger partial charge in [0.15, 0.2) is 17.4 Å². The summed E-state index contributed by atoms with van der Waals surface area (Å²) in [5, 5.41) is 12.7. The maximum atomic E-state index is 12.1. The van der Waals surface area contributed by atoms with E-state index in [0.717, 1.165) is 29.0 Å². The molecule has 0 atom stereocenters. The fourth-order valence-corrected chi connectivity index (χ4v) is 3.61. The van der Waals surface area contributed by atoms with Crippen LogP contribution in [-0.4, -0.2) is 64.8 Å². The Hall–Kier alpha value is -2.56. The first-order valence-corrected chi connectivity index (χ1v) is 11.7. The molecule has 2 N–H and O–H groups in total. The zero-order valence-corrected chi connectivity index (χ0v) is 19.7. The molecular formula is C21H27ClN6O3S. The zero-order valence-electron chi connectivity index (χ0n) is 18.1. The second-order valence-corrected chi connectivity index (χ2v) is 8.32. The number of rotatable bonds is 13. The number of carbonyl (C=O) groups is 1. The summed E-state index contributed by atoms with van der Waals surface area (Å²) in [5.41, 5.74) is 0.727. The third-order valence-electron chi connectivity index (χ3n) is 4.34. The van der Waals surface area contributed by atoms with Crippen LogP contribution in [0.4, 0.5) is 5.82 Å². The fourth-order valence-electron chi connectivity index (χ4n) is 2.80. The zero-order chi connectivity index (χ0) is 22.8. The lowest BCUT2D eigenvalue weighted by Crippen LogP contribution is -2.31. The molecule has 3 rings (SSSR count). The number of benzene rings is 1. The van der Waals surface area contributed by atoms with Gasteiger partial charge in [-0.15, -0.1) is 0 Å². The first-order valence-electron chi connectivity index (χ1n) is 10.3. The lowest BCUT2D eigenvalue weighted by Gasteiger charge is -2.10. The van der Waals surface area contributed by atoms with E-state index >= 15 is 0 Å². The van der Waals surface area contributed by atoms with E-state index in [2.05, 4.69) is 32.6 Å². The molecule has 2 aromatic heterocycles. The van der Waals surface area contributed by atoms with Crippen molar-refractivity contribution in [2.75, 3.05) is 44.5 Å². The topological polar surface area (TPSA) is 103 Å². The molecule has 0 radical (unpaired) electrons. The number of halogens is 1. The molecular weight excluding hydrogens is 452 g/mol. The minimum Gasteiger partial charge on any atom is -0.484 e. The van der Waals surface area contributed by atoms with E-state index < -0.39 is 0 Å². The third-order valence-corrected chi connectivity index (χ3v) is 5.64. The number of aromatic nitrogens is 4. The highest BCUT2D eigenvalue weighted by Gasteiger charge is 2.13. The molecule has 0 aliphatic rings. The van der Waals surface area contributed by atoms with E-state index in [4.69, 9.17) is 21.1 Å². The minimum absolute atomic E-state index is 0.0744. The number of thioether (sulfide) groups is 1. The number of hydrogen-bond acceptors (Lipinski definition) is 8. The number of fused-ring (bicyclic) bond motifs is 1. The Labute approximate surface area is 196 Å². The first kappa shape index (κ1) is 24.1. The average molecular weight is 479 g/mol. The van der Waals surface area contributed by atoms with Crippen LogP contribution < -0.4 is 15.4 Å². The van der Waals surface area contributed by atoms with Crippen LogP contribution >= 0.6 is 23.4 Å². The number of amides is 1. The molecule has 0 fully saturated rings. The van der Waals surface area contributed by atoms with E-state index in [1.165, 1.54) is 0 Å². The number of anilines is 1. The molecule has 0 saturated heterocycles. The molecule has 32 heavy (non-hydrogen) atoms. The Balaban J connectivity index is 1.60. The number of nitrogens with one attached hydrogen (secondary N) is 2. The Kier molecular flexibility index (Phi) is 9.39. The van der Waals surface area contributed by atoms with Gasteiger partial charge in [-0.3, -0.25) is 4.79 Å². The van der Waals surface area contributed by atoms with E-state index in [-0.39, 0.29) is 12.5 Å². The van der Waals surface area contributed by atoms with Crippen LogP contribution in [0.1, 0.15) is 13.3 Å². The average Bonchev–Trinajstić information content (AvgIpc) is 3.20. The van der Waals surface area contributed by atoms with Crippen LogP contribution in [0.3, 0.4) is 0 Å². The quantitative estimate of drug-likeness (QED) is 0.219. The summed E-state index contributed by atoms with van der Waals surface area (Å²) in [5.74, 6) is 2.04. The molecule has 11 heteroatoms. The fraction of sp³-hybridized carbons (Fsp3) is 0.429. The van der Waals surface area contributed by atoms with Crippen molar-refractivity contribution in [3.05, 3.63) is 35.5 Å². The van der Waals surface area contributed by atoms with Gasteiger partial charge in [-0.1, -0.05) is 30.3 Å². The maximum absolute atomic E-state index is 12.1. The second kappa shape index (κ2) is 12.5. The standard InChI is InChI=1S/C21H27ClN6O3S/c1-3-12-32-21-26-19(24-9-11-30-2)17-13-25-28(20(17)27-21)10-8-23-18(29)14-31-16-6-4-15(22)5-7-16/h4-7,13H,3,8-12,14H2,1-2H3,(H,23,29)(H,24,26,27). The molecule has 0 aliphatic heterocycles. The molecule has 0 saturated carbocycles. The van der Waals surface area contributed by atoms with Crippen molar-refractivity contribution < 1.29 is 14.3 Å². The Morgan fingerprint density at radius 1 is 1.22 bits per heavy atom. The molecule has 2 heterocycles. The Morgan fingerprint density at radius 2 is 2.03 bits per heavy atom. The number of hydrogen-bond donors (Lipinski definition) is 2. The maximum Gasteiger partial charge on any atom is 0.258 e. The van der Waals surface area contributed by atoms with Gasteiger partial charge in [-0.2, -0.15) is 5.10 Å². The van der Waals surface area contributed by atoms with Gasteiger partial charge in [0, 0.05) is 31.0 Å². The summed E-state index contributed by atoms with van der Waals surface area (Å²) < 4.78 is 12.4. The Morgan fingerprint density at radius 3 is 2.78 bits per heavy atom. The van der Waals surface area contributed by atoms with Crippen molar-refractivity contribution >= 4 is 46.1 Å². The first-order chi connectivity index (χ1) is 15.6. The van der Waals surface area contributed by atoms with Gasteiger partial charge in [0.2, 0.25) is 0 Å². The van der Waals surface area contributed by atoms with E-state index in [0.29, 0.717) is 42.2 Å². The van der Waals surface area contributed by atoms with Gasteiger partial charge in [0.1, 0.15) is 11.6 Å². The summed E-state index contributed by atoms with van der Waals surface area (Å²) in [4.78, 5) is 21.4. The lowest BCUT2D eigenvalue weighted by atomic mass is 10.3. The lowest BCUT2D eigenvalue weighted by molar-refractivity contribution is -0.123. The number of carbonyl (C=O) groups excluding carboxylic acids is 1. The van der Waals surface area contributed by atoms with E-state index in [1.807, 2.05) is 0 Å². The number of methoxy groups -OCH3 is 1. The van der Waals surface area contributed by atoms with Gasteiger partial charge in [0.05, 0.1) is 24.7 Å². The molecule has 1 amide bonds. The molecule has 9 nitrogen and oxygen atoms in total. The van der Waals surface area contributed by atoms with Gasteiger partial charge in [-0.05, 0) is 30.7 Å². The van der Waals surface area contributed by atoms with Gasteiger partial charge in [0.25, 0.3) is 5.91 Å². The van der Waals surface area contributed by atoms with Crippen molar-refractivity contribution in [1.82, 2.24) is 25.1 Å². The normalized spacial score (nSPS) is 11.0. The highest BCUT2D eigenvalue weighted by molar-refractivity contribution is 7.99. The highest BCUT2D eigenvalue weighted by atomic mass is 35.5. The summed E-state index contributed by atoms with van der Waals surface area (Å²) in [6.45, 7) is 4.12. The van der Waals surface area contributed by atoms with Gasteiger partial charge in [-0.25, -0.2) is 14.6 Å². The molecule has 0 unspecified atom stereocenters. The predicted molar refractivity (Wildman–Crippen MR) is 127 cm³/mol. The number of nitrogens with zero attached hydrogens (tertiary/aromatic N) is 4. The predicted octanol–water partition coefficient (Wildman–Crippen LogP) is 3.24. The largest absolute Gasteiger partial charge is 0.484 e. The minimum atomic E-state index is -0.216. The summed E-state index contributed by atoms with van der Waals surface area (Å²) in [6, 6.07) is 6.87. The van der Waals surface area contributed by atoms with Crippen molar-refractivity contribution in [3.8, 4) is 5.75 Å². The Bertz CT molecular complexity index is 1010. The second-order valence-electron chi connectivity index (χ2n) is 6.82. The molecule has 0 bridgehead atoms. The van der Waals surface area contributed by atoms with E-state index in [1.54, 1.807) is 54.0 Å². The monoisotopic (exact) mass is 478 g/mol. The molecule has 0 aliphatic carbocycles. The highest BCUT2D eigenvalue weighted by Crippen LogP contribution is 2.24. The van der Waals surface area contributed by atoms with Crippen molar-refractivity contribution in [2.24, 2.45) is 0 Å². The summed E-state index contributed by atoms with van der Waals surface area (Å²) >= 11 is 7.45. The summed E-state index contributed by atoms with van der Waals surface area (Å²) in [7, 11) is 1.66. The van der Waals surface area contributed by atoms with Crippen LogP contribution in [0.25, 0.3) is 11.0 Å².